The summed E-state index contributed by atoms with van der Waals surface area (Å²) in [4.78, 5) is 12.0. The molecule has 0 aromatic heterocycles. The second-order valence-electron chi connectivity index (χ2n) is 8.97. The lowest BCUT2D eigenvalue weighted by Crippen LogP contribution is -2.63. The van der Waals surface area contributed by atoms with Gasteiger partial charge >= 0.3 is 0 Å². The lowest BCUT2D eigenvalue weighted by molar-refractivity contribution is -0.517. The largest absolute Gasteiger partial charge is 0.493 e. The number of benzene rings is 1. The van der Waals surface area contributed by atoms with Crippen molar-refractivity contribution in [2.75, 3.05) is 26.9 Å². The molecule has 1 aliphatic heterocycles. The predicted molar refractivity (Wildman–Crippen MR) is 106 cm³/mol. The molecule has 6 nitrogen and oxygen atoms in total. The van der Waals surface area contributed by atoms with E-state index >= 15 is 0 Å². The molecule has 1 saturated heterocycles. The molecule has 4 aliphatic carbocycles. The third-order valence-electron chi connectivity index (χ3n) is 7.30. The minimum absolute atomic E-state index is 0.0482. The van der Waals surface area contributed by atoms with E-state index in [2.05, 4.69) is 6.58 Å². The zero-order chi connectivity index (χ0) is 20.0. The lowest BCUT2D eigenvalue weighted by Gasteiger charge is -2.60. The maximum Gasteiger partial charge on any atom is 0.207 e. The van der Waals surface area contributed by atoms with Gasteiger partial charge in [0, 0.05) is 11.8 Å². The van der Waals surface area contributed by atoms with Gasteiger partial charge in [0.1, 0.15) is 12.7 Å². The summed E-state index contributed by atoms with van der Waals surface area (Å²) in [5, 5.41) is 8.96. The van der Waals surface area contributed by atoms with Crippen molar-refractivity contribution in [2.45, 2.75) is 44.0 Å². The van der Waals surface area contributed by atoms with E-state index in [9.17, 15) is 0 Å². The van der Waals surface area contributed by atoms with Crippen molar-refractivity contribution >= 4 is 5.57 Å². The molecule has 4 bridgehead atoms. The van der Waals surface area contributed by atoms with Crippen LogP contribution < -0.4 is 9.47 Å². The molecule has 5 aliphatic rings. The van der Waals surface area contributed by atoms with Gasteiger partial charge in [0.25, 0.3) is 0 Å². The first-order chi connectivity index (χ1) is 14.1. The van der Waals surface area contributed by atoms with Crippen molar-refractivity contribution in [1.29, 1.82) is 0 Å². The van der Waals surface area contributed by atoms with Crippen LogP contribution in [0.5, 0.6) is 11.5 Å². The maximum atomic E-state index is 8.96. The summed E-state index contributed by atoms with van der Waals surface area (Å²) in [6, 6.07) is 5.60. The summed E-state index contributed by atoms with van der Waals surface area (Å²) >= 11 is 0. The van der Waals surface area contributed by atoms with Crippen molar-refractivity contribution in [3.05, 3.63) is 30.3 Å². The molecule has 29 heavy (non-hydrogen) atoms. The van der Waals surface area contributed by atoms with Gasteiger partial charge in [-0.2, -0.15) is 4.89 Å². The molecule has 0 amide bonds. The maximum absolute atomic E-state index is 8.96. The van der Waals surface area contributed by atoms with Crippen LogP contribution >= 0.6 is 0 Å². The average molecular weight is 402 g/mol. The topological polar surface area (TPSA) is 66.4 Å². The third-order valence-corrected chi connectivity index (χ3v) is 7.30. The minimum atomic E-state index is -0.552. The van der Waals surface area contributed by atoms with Crippen molar-refractivity contribution in [1.82, 2.24) is 0 Å². The molecule has 4 saturated carbocycles. The van der Waals surface area contributed by atoms with E-state index < -0.39 is 5.79 Å². The Labute approximate surface area is 171 Å². The highest BCUT2D eigenvalue weighted by Gasteiger charge is 2.61. The summed E-state index contributed by atoms with van der Waals surface area (Å²) in [6.45, 7) is 4.84. The van der Waals surface area contributed by atoms with Gasteiger partial charge in [-0.1, -0.05) is 12.6 Å². The molecule has 5 fully saturated rings. The standard InChI is InChI=1S/C23H30O6/c1-14(17-3-4-20(26-6-5-24)21(12-17)25-2)22-13-27-23(29-28-22)18-8-15-7-16(10-18)11-19(23)9-15/h3-4,12,15-16,18-19,22,24H,1,5-11,13H2,2H3. The number of aliphatic hydroxyl groups excluding tert-OH is 1. The molecule has 158 valence electrons. The van der Waals surface area contributed by atoms with Gasteiger partial charge in [-0.3, -0.25) is 0 Å². The zero-order valence-corrected chi connectivity index (χ0v) is 17.0. The zero-order valence-electron chi connectivity index (χ0n) is 17.0. The normalized spacial score (nSPS) is 37.7. The summed E-state index contributed by atoms with van der Waals surface area (Å²) in [5.74, 6) is 3.23. The van der Waals surface area contributed by atoms with Gasteiger partial charge < -0.3 is 19.3 Å². The van der Waals surface area contributed by atoms with E-state index in [-0.39, 0.29) is 19.3 Å². The van der Waals surface area contributed by atoms with Gasteiger partial charge in [0.15, 0.2) is 11.5 Å². The first-order valence-corrected chi connectivity index (χ1v) is 10.7. The first kappa shape index (κ1) is 19.4. The molecule has 6 heteroatoms. The molecule has 1 aromatic carbocycles. The fourth-order valence-electron chi connectivity index (χ4n) is 6.09. The van der Waals surface area contributed by atoms with Crippen LogP contribution in [-0.4, -0.2) is 43.9 Å². The quantitative estimate of drug-likeness (QED) is 0.734. The molecule has 1 N–H and O–H groups in total. The highest BCUT2D eigenvalue weighted by Crippen LogP contribution is 2.60. The fourth-order valence-corrected chi connectivity index (χ4v) is 6.09. The van der Waals surface area contributed by atoms with Crippen molar-refractivity contribution in [3.63, 3.8) is 0 Å². The Morgan fingerprint density at radius 1 is 1.14 bits per heavy atom. The molecule has 1 aromatic rings. The van der Waals surface area contributed by atoms with Crippen LogP contribution in [0.1, 0.15) is 37.7 Å². The van der Waals surface area contributed by atoms with Crippen molar-refractivity contribution in [2.24, 2.45) is 23.7 Å². The van der Waals surface area contributed by atoms with Gasteiger partial charge in [-0.25, -0.2) is 4.89 Å². The number of hydrogen-bond acceptors (Lipinski definition) is 6. The van der Waals surface area contributed by atoms with Crippen LogP contribution in [0.15, 0.2) is 24.8 Å². The van der Waals surface area contributed by atoms with Gasteiger partial charge in [-0.15, -0.1) is 0 Å². The summed E-state index contributed by atoms with van der Waals surface area (Å²) in [7, 11) is 1.59. The van der Waals surface area contributed by atoms with E-state index in [4.69, 9.17) is 29.1 Å². The average Bonchev–Trinajstić information content (AvgIpc) is 2.75. The molecular formula is C23H30O6. The van der Waals surface area contributed by atoms with Crippen LogP contribution in [-0.2, 0) is 14.5 Å². The molecular weight excluding hydrogens is 372 g/mol. The van der Waals surface area contributed by atoms with E-state index in [1.54, 1.807) is 7.11 Å². The SMILES string of the molecule is C=C(c1ccc(OCCO)c(OC)c1)C1COC2(OO1)C1CC3CC(C1)CC2C3. The molecule has 1 spiro atoms. The second-order valence-corrected chi connectivity index (χ2v) is 8.97. The van der Waals surface area contributed by atoms with E-state index in [1.807, 2.05) is 18.2 Å². The Balaban J connectivity index is 1.27. The van der Waals surface area contributed by atoms with Crippen LogP contribution in [0.3, 0.4) is 0 Å². The fraction of sp³-hybridized carbons (Fsp3) is 0.652. The molecule has 0 radical (unpaired) electrons. The van der Waals surface area contributed by atoms with Crippen LogP contribution in [0.2, 0.25) is 0 Å². The third kappa shape index (κ3) is 3.26. The van der Waals surface area contributed by atoms with Gasteiger partial charge in [0.05, 0.1) is 20.3 Å². The first-order valence-electron chi connectivity index (χ1n) is 10.7. The van der Waals surface area contributed by atoms with Crippen LogP contribution in [0.4, 0.5) is 0 Å². The minimum Gasteiger partial charge on any atom is -0.493 e. The highest BCUT2D eigenvalue weighted by atomic mass is 17.2. The summed E-state index contributed by atoms with van der Waals surface area (Å²) < 4.78 is 17.4. The van der Waals surface area contributed by atoms with E-state index in [0.717, 1.165) is 23.0 Å². The Kier molecular flexibility index (Phi) is 5.06. The second kappa shape index (κ2) is 7.58. The highest BCUT2D eigenvalue weighted by molar-refractivity contribution is 5.69. The number of methoxy groups -OCH3 is 1. The molecule has 1 atom stereocenters. The van der Waals surface area contributed by atoms with Crippen molar-refractivity contribution < 1.29 is 29.1 Å². The Morgan fingerprint density at radius 2 is 1.86 bits per heavy atom. The number of ether oxygens (including phenoxy) is 3. The van der Waals surface area contributed by atoms with Gasteiger partial charge in [-0.05, 0) is 67.2 Å². The Hall–Kier alpha value is -1.60. The molecule has 1 heterocycles. The molecule has 1 unspecified atom stereocenters. The van der Waals surface area contributed by atoms with Crippen LogP contribution in [0, 0.1) is 23.7 Å². The summed E-state index contributed by atoms with van der Waals surface area (Å²) in [5.41, 5.74) is 1.67. The summed E-state index contributed by atoms with van der Waals surface area (Å²) in [6.07, 6.45) is 5.85. The number of hydrogen-bond donors (Lipinski definition) is 1. The number of rotatable bonds is 6. The monoisotopic (exact) mass is 402 g/mol. The van der Waals surface area contributed by atoms with Crippen LogP contribution in [0.25, 0.3) is 5.57 Å². The molecule has 6 rings (SSSR count). The lowest BCUT2D eigenvalue weighted by atomic mass is 9.53. The predicted octanol–water partition coefficient (Wildman–Crippen LogP) is 3.58. The number of aliphatic hydroxyl groups is 1. The van der Waals surface area contributed by atoms with Gasteiger partial charge in [0.2, 0.25) is 5.79 Å². The van der Waals surface area contributed by atoms with E-state index in [0.29, 0.717) is 29.9 Å². The van der Waals surface area contributed by atoms with Crippen molar-refractivity contribution in [3.8, 4) is 11.5 Å². The Morgan fingerprint density at radius 3 is 2.45 bits per heavy atom. The Bertz CT molecular complexity index is 737. The van der Waals surface area contributed by atoms with E-state index in [1.165, 1.54) is 32.1 Å². The smallest absolute Gasteiger partial charge is 0.207 e.